The zero-order chi connectivity index (χ0) is 13.9. The molecular weight excluding hydrogens is 244 g/mol. The molecular formula is C14H16N2O3. The maximum atomic E-state index is 12.1. The van der Waals surface area contributed by atoms with Crippen LogP contribution in [0.3, 0.4) is 0 Å². The summed E-state index contributed by atoms with van der Waals surface area (Å²) in [6.07, 6.45) is 0.860. The van der Waals surface area contributed by atoms with Crippen LogP contribution in [-0.2, 0) is 16.0 Å². The molecule has 0 radical (unpaired) electrons. The lowest BCUT2D eigenvalue weighted by Crippen LogP contribution is -2.50. The first-order valence-corrected chi connectivity index (χ1v) is 6.12. The van der Waals surface area contributed by atoms with E-state index in [0.29, 0.717) is 11.4 Å². The Morgan fingerprint density at radius 1 is 1.58 bits per heavy atom. The van der Waals surface area contributed by atoms with Gasteiger partial charge in [-0.3, -0.25) is 4.79 Å². The van der Waals surface area contributed by atoms with Gasteiger partial charge in [0.2, 0.25) is 5.91 Å². The number of rotatable bonds is 4. The number of methoxy groups -OCH3 is 1. The summed E-state index contributed by atoms with van der Waals surface area (Å²) in [5, 5.41) is 11.9. The van der Waals surface area contributed by atoms with E-state index in [-0.39, 0.29) is 19.1 Å². The summed E-state index contributed by atoms with van der Waals surface area (Å²) in [4.78, 5) is 12.1. The SMILES string of the molecule is CCc1ccc(OC)c(NC(=O)C2(C#N)COC2)c1. The normalized spacial score (nSPS) is 16.1. The summed E-state index contributed by atoms with van der Waals surface area (Å²) in [6.45, 7) is 2.32. The van der Waals surface area contributed by atoms with Crippen LogP contribution in [0.25, 0.3) is 0 Å². The highest BCUT2D eigenvalue weighted by Crippen LogP contribution is 2.31. The van der Waals surface area contributed by atoms with Crippen molar-refractivity contribution in [3.63, 3.8) is 0 Å². The summed E-state index contributed by atoms with van der Waals surface area (Å²) in [6, 6.07) is 7.64. The van der Waals surface area contributed by atoms with E-state index in [2.05, 4.69) is 5.32 Å². The molecule has 1 aromatic rings. The Hall–Kier alpha value is -2.06. The molecule has 0 aliphatic carbocycles. The fourth-order valence-electron chi connectivity index (χ4n) is 1.87. The Labute approximate surface area is 112 Å². The van der Waals surface area contributed by atoms with Crippen LogP contribution in [0.2, 0.25) is 0 Å². The molecule has 0 spiro atoms. The van der Waals surface area contributed by atoms with E-state index in [1.54, 1.807) is 7.11 Å². The van der Waals surface area contributed by atoms with E-state index in [1.165, 1.54) is 0 Å². The third kappa shape index (κ3) is 2.40. The van der Waals surface area contributed by atoms with Crippen LogP contribution in [0.15, 0.2) is 18.2 Å². The van der Waals surface area contributed by atoms with Crippen LogP contribution in [0.1, 0.15) is 12.5 Å². The number of carbonyl (C=O) groups is 1. The van der Waals surface area contributed by atoms with Crippen molar-refractivity contribution in [3.8, 4) is 11.8 Å². The van der Waals surface area contributed by atoms with Gasteiger partial charge in [0.05, 0.1) is 32.1 Å². The standard InChI is InChI=1S/C14H16N2O3/c1-3-10-4-5-12(18-2)11(6-10)16-13(17)14(7-15)8-19-9-14/h4-6H,3,8-9H2,1-2H3,(H,16,17). The number of anilines is 1. The topological polar surface area (TPSA) is 71.3 Å². The van der Waals surface area contributed by atoms with E-state index in [4.69, 9.17) is 14.7 Å². The second-order valence-electron chi connectivity index (χ2n) is 4.53. The van der Waals surface area contributed by atoms with E-state index in [0.717, 1.165) is 12.0 Å². The summed E-state index contributed by atoms with van der Waals surface area (Å²) in [7, 11) is 1.54. The smallest absolute Gasteiger partial charge is 0.249 e. The molecule has 5 nitrogen and oxygen atoms in total. The maximum Gasteiger partial charge on any atom is 0.249 e. The van der Waals surface area contributed by atoms with E-state index in [9.17, 15) is 4.79 Å². The summed E-state index contributed by atoms with van der Waals surface area (Å²) < 4.78 is 10.2. The summed E-state index contributed by atoms with van der Waals surface area (Å²) in [5.41, 5.74) is 0.619. The number of aryl methyl sites for hydroxylation is 1. The van der Waals surface area contributed by atoms with Crippen molar-refractivity contribution in [2.75, 3.05) is 25.6 Å². The lowest BCUT2D eigenvalue weighted by Gasteiger charge is -2.33. The Morgan fingerprint density at radius 3 is 2.79 bits per heavy atom. The number of ether oxygens (including phenoxy) is 2. The quantitative estimate of drug-likeness (QED) is 0.895. The monoisotopic (exact) mass is 260 g/mol. The van der Waals surface area contributed by atoms with Crippen LogP contribution in [0.5, 0.6) is 5.75 Å². The van der Waals surface area contributed by atoms with E-state index < -0.39 is 5.41 Å². The number of amides is 1. The number of nitrogens with zero attached hydrogens (tertiary/aromatic N) is 1. The molecule has 0 atom stereocenters. The molecule has 19 heavy (non-hydrogen) atoms. The molecule has 0 saturated carbocycles. The fourth-order valence-corrected chi connectivity index (χ4v) is 1.87. The molecule has 1 amide bonds. The van der Waals surface area contributed by atoms with Gasteiger partial charge in [0.15, 0.2) is 5.41 Å². The Bertz CT molecular complexity index is 530. The van der Waals surface area contributed by atoms with Crippen molar-refractivity contribution in [3.05, 3.63) is 23.8 Å². The zero-order valence-electron chi connectivity index (χ0n) is 11.0. The van der Waals surface area contributed by atoms with Crippen LogP contribution >= 0.6 is 0 Å². The average molecular weight is 260 g/mol. The highest BCUT2D eigenvalue weighted by molar-refractivity contribution is 5.99. The molecule has 1 N–H and O–H groups in total. The molecule has 1 heterocycles. The Balaban J connectivity index is 2.23. The lowest BCUT2D eigenvalue weighted by atomic mass is 9.86. The van der Waals surface area contributed by atoms with Crippen molar-refractivity contribution >= 4 is 11.6 Å². The van der Waals surface area contributed by atoms with Crippen LogP contribution in [-0.4, -0.2) is 26.2 Å². The third-order valence-corrected chi connectivity index (χ3v) is 3.27. The minimum Gasteiger partial charge on any atom is -0.495 e. The van der Waals surface area contributed by atoms with Gasteiger partial charge in [-0.2, -0.15) is 5.26 Å². The van der Waals surface area contributed by atoms with Gasteiger partial charge in [-0.15, -0.1) is 0 Å². The molecule has 1 aliphatic rings. The van der Waals surface area contributed by atoms with Crippen molar-refractivity contribution < 1.29 is 14.3 Å². The van der Waals surface area contributed by atoms with E-state index >= 15 is 0 Å². The van der Waals surface area contributed by atoms with Crippen molar-refractivity contribution in [1.29, 1.82) is 5.26 Å². The van der Waals surface area contributed by atoms with Gasteiger partial charge in [0.1, 0.15) is 5.75 Å². The number of nitrogens with one attached hydrogen (secondary N) is 1. The van der Waals surface area contributed by atoms with Gasteiger partial charge in [0.25, 0.3) is 0 Å². The molecule has 0 aromatic heterocycles. The molecule has 100 valence electrons. The van der Waals surface area contributed by atoms with E-state index in [1.807, 2.05) is 31.2 Å². The predicted octanol–water partition coefficient (Wildman–Crippen LogP) is 1.74. The molecule has 1 aromatic carbocycles. The minimum atomic E-state index is -1.06. The number of carbonyl (C=O) groups excluding carboxylic acids is 1. The average Bonchev–Trinajstić information content (AvgIpc) is 2.38. The van der Waals surface area contributed by atoms with Crippen molar-refractivity contribution in [1.82, 2.24) is 0 Å². The first-order valence-electron chi connectivity index (χ1n) is 6.12. The second kappa shape index (κ2) is 5.29. The van der Waals surface area contributed by atoms with Crippen molar-refractivity contribution in [2.24, 2.45) is 5.41 Å². The highest BCUT2D eigenvalue weighted by atomic mass is 16.5. The lowest BCUT2D eigenvalue weighted by molar-refractivity contribution is -0.144. The molecule has 5 heteroatoms. The highest BCUT2D eigenvalue weighted by Gasteiger charge is 2.46. The maximum absolute atomic E-state index is 12.1. The van der Waals surface area contributed by atoms with Crippen molar-refractivity contribution in [2.45, 2.75) is 13.3 Å². The predicted molar refractivity (Wildman–Crippen MR) is 69.9 cm³/mol. The Kier molecular flexibility index (Phi) is 3.72. The van der Waals surface area contributed by atoms with Crippen LogP contribution in [0.4, 0.5) is 5.69 Å². The summed E-state index contributed by atoms with van der Waals surface area (Å²) >= 11 is 0. The first kappa shape index (κ1) is 13.4. The van der Waals surface area contributed by atoms with Gasteiger partial charge in [-0.05, 0) is 24.1 Å². The number of hydrogen-bond donors (Lipinski definition) is 1. The second-order valence-corrected chi connectivity index (χ2v) is 4.53. The number of hydrogen-bond acceptors (Lipinski definition) is 4. The molecule has 0 unspecified atom stereocenters. The van der Waals surface area contributed by atoms with Crippen LogP contribution in [0, 0.1) is 16.7 Å². The molecule has 2 rings (SSSR count). The molecule has 1 saturated heterocycles. The van der Waals surface area contributed by atoms with Crippen LogP contribution < -0.4 is 10.1 Å². The minimum absolute atomic E-state index is 0.144. The Morgan fingerprint density at radius 2 is 2.32 bits per heavy atom. The van der Waals surface area contributed by atoms with Gasteiger partial charge in [-0.1, -0.05) is 13.0 Å². The first-order chi connectivity index (χ1) is 9.15. The largest absolute Gasteiger partial charge is 0.495 e. The zero-order valence-corrected chi connectivity index (χ0v) is 11.0. The summed E-state index contributed by atoms with van der Waals surface area (Å²) in [5.74, 6) is 0.242. The third-order valence-electron chi connectivity index (χ3n) is 3.27. The van der Waals surface area contributed by atoms with Gasteiger partial charge in [0, 0.05) is 0 Å². The van der Waals surface area contributed by atoms with Gasteiger partial charge < -0.3 is 14.8 Å². The molecule has 0 bridgehead atoms. The van der Waals surface area contributed by atoms with Gasteiger partial charge in [-0.25, -0.2) is 0 Å². The number of benzene rings is 1. The van der Waals surface area contributed by atoms with Gasteiger partial charge >= 0.3 is 0 Å². The molecule has 1 fully saturated rings. The molecule has 1 aliphatic heterocycles. The fraction of sp³-hybridized carbons (Fsp3) is 0.429. The number of nitriles is 1.